The van der Waals surface area contributed by atoms with E-state index in [0.717, 1.165) is 22.4 Å². The number of hydrogen-bond donors (Lipinski definition) is 0. The van der Waals surface area contributed by atoms with E-state index in [9.17, 15) is 4.79 Å². The van der Waals surface area contributed by atoms with Crippen molar-refractivity contribution in [2.24, 2.45) is 5.92 Å². The summed E-state index contributed by atoms with van der Waals surface area (Å²) in [5.41, 5.74) is 3.33. The van der Waals surface area contributed by atoms with E-state index >= 15 is 0 Å². The van der Waals surface area contributed by atoms with E-state index in [1.165, 1.54) is 0 Å². The molecule has 17 heavy (non-hydrogen) atoms. The summed E-state index contributed by atoms with van der Waals surface area (Å²) >= 11 is 5.56. The van der Waals surface area contributed by atoms with Gasteiger partial charge in [0.15, 0.2) is 6.10 Å². The minimum Gasteiger partial charge on any atom is -0.481 e. The minimum absolute atomic E-state index is 0.0558. The van der Waals surface area contributed by atoms with Gasteiger partial charge < -0.3 is 4.74 Å². The zero-order valence-corrected chi connectivity index (χ0v) is 11.8. The lowest BCUT2D eigenvalue weighted by Gasteiger charge is -2.21. The van der Waals surface area contributed by atoms with Crippen molar-refractivity contribution in [2.45, 2.75) is 40.7 Å². The number of carbonyl (C=O) groups excluding carboxylic acids is 1. The molecule has 0 spiro atoms. The number of ether oxygens (including phenoxy) is 1. The minimum atomic E-state index is -0.587. The Morgan fingerprint density at radius 2 is 1.82 bits per heavy atom. The van der Waals surface area contributed by atoms with Crippen LogP contribution < -0.4 is 4.74 Å². The summed E-state index contributed by atoms with van der Waals surface area (Å²) in [6, 6.07) is 4.03. The van der Waals surface area contributed by atoms with Crippen LogP contribution in [0.1, 0.15) is 30.5 Å². The smallest absolute Gasteiger partial charge is 0.262 e. The lowest BCUT2D eigenvalue weighted by molar-refractivity contribution is -0.119. The molecule has 3 heteroatoms. The maximum atomic E-state index is 11.3. The molecule has 1 rings (SSSR count). The molecule has 1 aromatic carbocycles. The average Bonchev–Trinajstić information content (AvgIpc) is 2.19. The Morgan fingerprint density at radius 3 is 2.29 bits per heavy atom. The fourth-order valence-electron chi connectivity index (χ4n) is 1.70. The quantitative estimate of drug-likeness (QED) is 0.765. The molecule has 1 atom stereocenters. The fourth-order valence-corrected chi connectivity index (χ4v) is 2.00. The van der Waals surface area contributed by atoms with Crippen molar-refractivity contribution in [3.05, 3.63) is 28.8 Å². The molecule has 0 radical (unpaired) electrons. The van der Waals surface area contributed by atoms with Crippen LogP contribution in [-0.4, -0.2) is 11.3 Å². The summed E-state index contributed by atoms with van der Waals surface area (Å²) in [6.45, 7) is 9.86. The van der Waals surface area contributed by atoms with Crippen molar-refractivity contribution in [2.75, 3.05) is 0 Å². The van der Waals surface area contributed by atoms with E-state index in [2.05, 4.69) is 6.07 Å². The van der Waals surface area contributed by atoms with Crippen LogP contribution in [0.25, 0.3) is 0 Å². The monoisotopic (exact) mass is 254 g/mol. The largest absolute Gasteiger partial charge is 0.481 e. The lowest BCUT2D eigenvalue weighted by Crippen LogP contribution is -2.29. The summed E-state index contributed by atoms with van der Waals surface area (Å²) in [5, 5.41) is -0.446. The third-order valence-electron chi connectivity index (χ3n) is 2.85. The Balaban J connectivity index is 3.05. The first-order valence-electron chi connectivity index (χ1n) is 5.76. The van der Waals surface area contributed by atoms with Gasteiger partial charge in [-0.3, -0.25) is 4.79 Å². The fraction of sp³-hybridized carbons (Fsp3) is 0.500. The topological polar surface area (TPSA) is 26.3 Å². The molecule has 0 aromatic heterocycles. The molecule has 94 valence electrons. The van der Waals surface area contributed by atoms with E-state index < -0.39 is 11.3 Å². The van der Waals surface area contributed by atoms with Gasteiger partial charge in [-0.15, -0.1) is 0 Å². The molecule has 2 nitrogen and oxygen atoms in total. The summed E-state index contributed by atoms with van der Waals surface area (Å²) < 4.78 is 5.75. The first-order valence-corrected chi connectivity index (χ1v) is 6.14. The predicted octanol–water partition coefficient (Wildman–Crippen LogP) is 3.78. The third-order valence-corrected chi connectivity index (χ3v) is 3.06. The lowest BCUT2D eigenvalue weighted by atomic mass is 10.0. The average molecular weight is 255 g/mol. The van der Waals surface area contributed by atoms with Gasteiger partial charge in [-0.25, -0.2) is 0 Å². The van der Waals surface area contributed by atoms with Crippen LogP contribution in [0.3, 0.4) is 0 Å². The van der Waals surface area contributed by atoms with Crippen LogP contribution in [0.5, 0.6) is 5.75 Å². The molecule has 0 aliphatic carbocycles. The number of hydrogen-bond acceptors (Lipinski definition) is 2. The van der Waals surface area contributed by atoms with Crippen LogP contribution in [0.2, 0.25) is 0 Å². The van der Waals surface area contributed by atoms with Crippen LogP contribution in [0.4, 0.5) is 0 Å². The number of benzene rings is 1. The zero-order chi connectivity index (χ0) is 13.2. The highest BCUT2D eigenvalue weighted by Gasteiger charge is 2.23. The van der Waals surface area contributed by atoms with Crippen molar-refractivity contribution >= 4 is 16.8 Å². The molecular formula is C14H19ClO2. The van der Waals surface area contributed by atoms with Gasteiger partial charge in [-0.2, -0.15) is 0 Å². The Labute approximate surface area is 108 Å². The standard InChI is InChI=1S/C14H19ClO2/c1-8(2)13(14(15)16)17-12-7-9(3)6-10(4)11(12)5/h6-8,13H,1-5H3. The van der Waals surface area contributed by atoms with E-state index in [0.29, 0.717) is 0 Å². The highest BCUT2D eigenvalue weighted by Crippen LogP contribution is 2.26. The Bertz CT molecular complexity index is 424. The van der Waals surface area contributed by atoms with E-state index in [1.54, 1.807) is 0 Å². The number of halogens is 1. The molecule has 0 N–H and O–H groups in total. The summed E-state index contributed by atoms with van der Waals surface area (Å²) in [4.78, 5) is 11.3. The third kappa shape index (κ3) is 3.47. The molecule has 0 saturated carbocycles. The molecule has 1 unspecified atom stereocenters. The Morgan fingerprint density at radius 1 is 1.24 bits per heavy atom. The van der Waals surface area contributed by atoms with Crippen molar-refractivity contribution in [1.82, 2.24) is 0 Å². The Kier molecular flexibility index (Phi) is 4.58. The van der Waals surface area contributed by atoms with E-state index in [1.807, 2.05) is 40.7 Å². The predicted molar refractivity (Wildman–Crippen MR) is 70.8 cm³/mol. The molecule has 0 amide bonds. The molecule has 0 aliphatic heterocycles. The highest BCUT2D eigenvalue weighted by atomic mass is 35.5. The van der Waals surface area contributed by atoms with Crippen molar-refractivity contribution in [1.29, 1.82) is 0 Å². The van der Waals surface area contributed by atoms with Crippen LogP contribution in [-0.2, 0) is 4.79 Å². The molecule has 0 aliphatic rings. The maximum absolute atomic E-state index is 11.3. The summed E-state index contributed by atoms with van der Waals surface area (Å²) in [6.07, 6.45) is -0.587. The molecule has 0 fully saturated rings. The summed E-state index contributed by atoms with van der Waals surface area (Å²) in [7, 11) is 0. The maximum Gasteiger partial charge on any atom is 0.262 e. The van der Waals surface area contributed by atoms with Crippen LogP contribution >= 0.6 is 11.6 Å². The van der Waals surface area contributed by atoms with Crippen LogP contribution in [0.15, 0.2) is 12.1 Å². The number of aryl methyl sites for hydroxylation is 2. The molecule has 0 saturated heterocycles. The molecular weight excluding hydrogens is 236 g/mol. The van der Waals surface area contributed by atoms with Crippen molar-refractivity contribution < 1.29 is 9.53 Å². The molecule has 1 aromatic rings. The SMILES string of the molecule is Cc1cc(C)c(C)c(OC(C(=O)Cl)C(C)C)c1. The van der Waals surface area contributed by atoms with Gasteiger partial charge in [0.25, 0.3) is 5.24 Å². The van der Waals surface area contributed by atoms with E-state index in [4.69, 9.17) is 16.3 Å². The van der Waals surface area contributed by atoms with Gasteiger partial charge >= 0.3 is 0 Å². The Hall–Kier alpha value is -1.02. The number of rotatable bonds is 4. The second kappa shape index (κ2) is 5.54. The molecule has 0 bridgehead atoms. The second-order valence-corrected chi connectivity index (χ2v) is 5.16. The van der Waals surface area contributed by atoms with Crippen LogP contribution in [0, 0.1) is 26.7 Å². The van der Waals surface area contributed by atoms with Gasteiger partial charge in [0.1, 0.15) is 5.75 Å². The second-order valence-electron chi connectivity index (χ2n) is 4.79. The van der Waals surface area contributed by atoms with Gasteiger partial charge in [-0.05, 0) is 61.0 Å². The first kappa shape index (κ1) is 14.0. The van der Waals surface area contributed by atoms with E-state index in [-0.39, 0.29) is 5.92 Å². The summed E-state index contributed by atoms with van der Waals surface area (Å²) in [5.74, 6) is 0.801. The van der Waals surface area contributed by atoms with Gasteiger partial charge in [0.05, 0.1) is 0 Å². The van der Waals surface area contributed by atoms with Crippen molar-refractivity contribution in [3.63, 3.8) is 0 Å². The van der Waals surface area contributed by atoms with Crippen molar-refractivity contribution in [3.8, 4) is 5.75 Å². The zero-order valence-electron chi connectivity index (χ0n) is 11.0. The number of carbonyl (C=O) groups is 1. The highest BCUT2D eigenvalue weighted by molar-refractivity contribution is 6.64. The molecule has 0 heterocycles. The normalized spacial score (nSPS) is 12.6. The first-order chi connectivity index (χ1) is 7.82. The van der Waals surface area contributed by atoms with Gasteiger partial charge in [-0.1, -0.05) is 19.9 Å². The van der Waals surface area contributed by atoms with Gasteiger partial charge in [0, 0.05) is 0 Å². The van der Waals surface area contributed by atoms with Gasteiger partial charge in [0.2, 0.25) is 0 Å².